The number of fused-ring (bicyclic) bond motifs is 7. The highest BCUT2D eigenvalue weighted by atomic mass is 32.3. The first-order valence-electron chi connectivity index (χ1n) is 20.1. The standard InChI is InChI=1S/C39H60O15S/c1-17-9-12-39(48-16-17)18(2)28-26(53-39)15-25-23-8-7-21-13-22(40)14-27(38(21,6)24(23)10-11-37(25,28)5)51-36-34(32(44)33(20(4)50-36)54-55(45,46)47)52-35-31(43)30(42)29(41)19(3)49-35/h7,18-20,22-36,40-44H,1,8-16H2,2-6H3,(H,45,46,47). The first-order valence-corrected chi connectivity index (χ1v) is 21.5. The second-order valence-electron chi connectivity index (χ2n) is 18.4. The van der Waals surface area contributed by atoms with E-state index in [2.05, 4.69) is 33.4 Å². The van der Waals surface area contributed by atoms with Gasteiger partial charge >= 0.3 is 10.4 Å². The topological polar surface area (TPSA) is 220 Å². The summed E-state index contributed by atoms with van der Waals surface area (Å²) >= 11 is 0. The summed E-state index contributed by atoms with van der Waals surface area (Å²) in [5.74, 6) is 0.920. The Balaban J connectivity index is 1.07. The van der Waals surface area contributed by atoms with E-state index in [1.165, 1.54) is 13.8 Å². The third kappa shape index (κ3) is 6.62. The van der Waals surface area contributed by atoms with E-state index in [1.54, 1.807) is 0 Å². The summed E-state index contributed by atoms with van der Waals surface area (Å²) in [6.07, 6.45) is -7.70. The molecular weight excluding hydrogens is 740 g/mol. The first-order chi connectivity index (χ1) is 25.8. The predicted molar refractivity (Wildman–Crippen MR) is 192 cm³/mol. The molecule has 0 aromatic rings. The minimum absolute atomic E-state index is 0.0436. The lowest BCUT2D eigenvalue weighted by Gasteiger charge is -2.60. The molecule has 16 heteroatoms. The quantitative estimate of drug-likeness (QED) is 0.168. The molecule has 4 heterocycles. The molecule has 7 fully saturated rings. The van der Waals surface area contributed by atoms with Crippen molar-refractivity contribution in [1.29, 1.82) is 0 Å². The van der Waals surface area contributed by atoms with E-state index >= 15 is 0 Å². The summed E-state index contributed by atoms with van der Waals surface area (Å²) in [6, 6.07) is 0. The predicted octanol–water partition coefficient (Wildman–Crippen LogP) is 2.14. The van der Waals surface area contributed by atoms with Crippen LogP contribution in [0.25, 0.3) is 0 Å². The molecule has 1 spiro atoms. The van der Waals surface area contributed by atoms with Crippen molar-refractivity contribution in [2.45, 2.75) is 171 Å². The van der Waals surface area contributed by atoms with Gasteiger partial charge in [-0.05, 0) is 81.5 Å². The van der Waals surface area contributed by atoms with Crippen molar-refractivity contribution in [3.8, 4) is 0 Å². The average Bonchev–Trinajstić information content (AvgIpc) is 3.56. The number of hydrogen-bond acceptors (Lipinski definition) is 14. The summed E-state index contributed by atoms with van der Waals surface area (Å²) in [7, 11) is -5.05. The maximum absolute atomic E-state index is 11.8. The van der Waals surface area contributed by atoms with E-state index in [1.807, 2.05) is 0 Å². The maximum atomic E-state index is 11.8. The molecule has 4 aliphatic heterocycles. The van der Waals surface area contributed by atoms with Crippen molar-refractivity contribution < 1.29 is 71.1 Å². The Hall–Kier alpha value is -1.09. The Morgan fingerprint density at radius 3 is 2.29 bits per heavy atom. The van der Waals surface area contributed by atoms with Crippen molar-refractivity contribution in [3.63, 3.8) is 0 Å². The number of rotatable bonds is 6. The molecular formula is C39H60O15S. The third-order valence-corrected chi connectivity index (χ3v) is 16.0. The largest absolute Gasteiger partial charge is 0.397 e. The van der Waals surface area contributed by atoms with Gasteiger partial charge in [0.15, 0.2) is 18.4 Å². The molecule has 0 bridgehead atoms. The second kappa shape index (κ2) is 14.3. The SMILES string of the molecule is C=C1CCC2(OC1)OC1CC3C4CC=C5CC(O)CC(OC6OC(C)C(OS(=O)(=O)O)C(O)C6OC6OC(C)C(O)C(O)C6O)C5(C)C4CCC3(C)C1C2C. The van der Waals surface area contributed by atoms with Crippen molar-refractivity contribution in [3.05, 3.63) is 23.8 Å². The van der Waals surface area contributed by atoms with E-state index in [9.17, 15) is 38.5 Å². The Kier molecular flexibility index (Phi) is 10.6. The molecule has 0 aromatic heterocycles. The zero-order valence-electron chi connectivity index (χ0n) is 32.3. The first kappa shape index (κ1) is 40.7. The highest BCUT2D eigenvalue weighted by molar-refractivity contribution is 7.80. The summed E-state index contributed by atoms with van der Waals surface area (Å²) in [5.41, 5.74) is 1.70. The van der Waals surface area contributed by atoms with Gasteiger partial charge in [-0.2, -0.15) is 8.42 Å². The van der Waals surface area contributed by atoms with Gasteiger partial charge in [-0.1, -0.05) is 44.6 Å². The van der Waals surface area contributed by atoms with Gasteiger partial charge in [-0.15, -0.1) is 0 Å². The summed E-state index contributed by atoms with van der Waals surface area (Å²) in [6.45, 7) is 14.5. The van der Waals surface area contributed by atoms with Gasteiger partial charge in [-0.25, -0.2) is 4.18 Å². The van der Waals surface area contributed by atoms with Crippen LogP contribution >= 0.6 is 0 Å². The molecule has 8 rings (SSSR count). The maximum Gasteiger partial charge on any atom is 0.397 e. The van der Waals surface area contributed by atoms with Crippen LogP contribution in [0, 0.1) is 40.4 Å². The fourth-order valence-corrected chi connectivity index (χ4v) is 13.2. The Labute approximate surface area is 323 Å². The van der Waals surface area contributed by atoms with Gasteiger partial charge in [0.25, 0.3) is 0 Å². The number of aliphatic hydroxyl groups is 5. The second-order valence-corrected chi connectivity index (χ2v) is 19.5. The van der Waals surface area contributed by atoms with Crippen LogP contribution in [0.4, 0.5) is 0 Å². The van der Waals surface area contributed by atoms with Crippen LogP contribution in [-0.4, -0.2) is 131 Å². The molecule has 0 amide bonds. The smallest absolute Gasteiger partial charge is 0.393 e. The molecule has 0 aromatic carbocycles. The van der Waals surface area contributed by atoms with Gasteiger partial charge < -0.3 is 54.0 Å². The van der Waals surface area contributed by atoms with Crippen LogP contribution in [-0.2, 0) is 43.0 Å². The van der Waals surface area contributed by atoms with Crippen molar-refractivity contribution in [1.82, 2.24) is 0 Å². The van der Waals surface area contributed by atoms with Crippen LogP contribution in [0.15, 0.2) is 23.8 Å². The van der Waals surface area contributed by atoms with E-state index in [4.69, 9.17) is 32.6 Å². The number of aliphatic hydroxyl groups excluding tert-OH is 5. The van der Waals surface area contributed by atoms with E-state index in [0.29, 0.717) is 30.8 Å². The zero-order chi connectivity index (χ0) is 39.6. The normalized spacial score (nSPS) is 55.3. The average molecular weight is 801 g/mol. The van der Waals surface area contributed by atoms with Crippen LogP contribution in [0.1, 0.15) is 86.0 Å². The number of hydrogen-bond donors (Lipinski definition) is 6. The number of allylic oxidation sites excluding steroid dienone is 1. The Morgan fingerprint density at radius 2 is 1.60 bits per heavy atom. The van der Waals surface area contributed by atoms with E-state index in [-0.39, 0.29) is 29.8 Å². The minimum Gasteiger partial charge on any atom is -0.393 e. The van der Waals surface area contributed by atoms with Gasteiger partial charge in [-0.3, -0.25) is 4.55 Å². The highest BCUT2D eigenvalue weighted by Crippen LogP contribution is 2.71. The van der Waals surface area contributed by atoms with Gasteiger partial charge in [0.2, 0.25) is 0 Å². The molecule has 55 heavy (non-hydrogen) atoms. The Morgan fingerprint density at radius 1 is 0.873 bits per heavy atom. The molecule has 15 nitrogen and oxygen atoms in total. The van der Waals surface area contributed by atoms with Gasteiger partial charge in [0.1, 0.15) is 36.6 Å². The minimum atomic E-state index is -5.05. The van der Waals surface area contributed by atoms with Crippen molar-refractivity contribution >= 4 is 10.4 Å². The van der Waals surface area contributed by atoms with E-state index < -0.39 is 95.2 Å². The van der Waals surface area contributed by atoms with Crippen LogP contribution in [0.3, 0.4) is 0 Å². The highest BCUT2D eigenvalue weighted by Gasteiger charge is 2.69. The molecule has 4 aliphatic carbocycles. The van der Waals surface area contributed by atoms with Crippen LogP contribution in [0.5, 0.6) is 0 Å². The lowest BCUT2D eigenvalue weighted by molar-refractivity contribution is -0.370. The lowest BCUT2D eigenvalue weighted by atomic mass is 9.46. The molecule has 3 saturated carbocycles. The molecule has 6 N–H and O–H groups in total. The van der Waals surface area contributed by atoms with Crippen molar-refractivity contribution in [2.24, 2.45) is 40.4 Å². The van der Waals surface area contributed by atoms with Crippen LogP contribution in [0.2, 0.25) is 0 Å². The van der Waals surface area contributed by atoms with Gasteiger partial charge in [0, 0.05) is 24.2 Å². The summed E-state index contributed by atoms with van der Waals surface area (Å²) in [5, 5.41) is 54.5. The summed E-state index contributed by atoms with van der Waals surface area (Å²) < 4.78 is 76.1. The fourth-order valence-electron chi connectivity index (χ4n) is 12.7. The third-order valence-electron chi connectivity index (χ3n) is 15.5. The molecule has 8 aliphatic rings. The van der Waals surface area contributed by atoms with Crippen molar-refractivity contribution in [2.75, 3.05) is 6.61 Å². The molecule has 0 radical (unpaired) electrons. The van der Waals surface area contributed by atoms with Crippen LogP contribution < -0.4 is 0 Å². The fraction of sp³-hybridized carbons (Fsp3) is 0.897. The lowest BCUT2D eigenvalue weighted by Crippen LogP contribution is -2.65. The molecule has 4 saturated heterocycles. The molecule has 21 unspecified atom stereocenters. The summed E-state index contributed by atoms with van der Waals surface area (Å²) in [4.78, 5) is 0. The molecule has 21 atom stereocenters. The zero-order valence-corrected chi connectivity index (χ0v) is 33.1. The number of ether oxygens (including phenoxy) is 6. The van der Waals surface area contributed by atoms with E-state index in [0.717, 1.165) is 49.7 Å². The monoisotopic (exact) mass is 800 g/mol. The van der Waals surface area contributed by atoms with Gasteiger partial charge in [0.05, 0.1) is 37.1 Å². The Bertz CT molecular complexity index is 1610. The molecule has 312 valence electrons.